The quantitative estimate of drug-likeness (QED) is 0.199. The molecule has 0 saturated carbocycles. The van der Waals surface area contributed by atoms with E-state index in [4.69, 9.17) is 9.47 Å². The molecular formula is C22H24BrN3O5. The number of rotatable bonds is 10. The van der Waals surface area contributed by atoms with Crippen molar-refractivity contribution in [1.29, 1.82) is 0 Å². The highest BCUT2D eigenvalue weighted by molar-refractivity contribution is 9.10. The minimum atomic E-state index is -0.162. The van der Waals surface area contributed by atoms with Crippen LogP contribution < -0.4 is 20.2 Å². The molecule has 3 rings (SSSR count). The molecule has 2 aromatic rings. The number of amides is 2. The summed E-state index contributed by atoms with van der Waals surface area (Å²) in [7, 11) is 0. The molecule has 0 spiro atoms. The fourth-order valence-corrected chi connectivity index (χ4v) is 3.40. The number of carbonyl (C=O) groups is 2. The zero-order valence-corrected chi connectivity index (χ0v) is 18.5. The number of nitrogens with zero attached hydrogens (tertiary/aromatic N) is 1. The SMILES string of the molecule is O=C(CCCCCCC(=O)Nc1ccccc1O)NN=Cc1cc2c(cc1Br)OCO2. The van der Waals surface area contributed by atoms with Crippen molar-refractivity contribution >= 4 is 39.6 Å². The molecule has 0 aliphatic carbocycles. The lowest BCUT2D eigenvalue weighted by atomic mass is 10.1. The lowest BCUT2D eigenvalue weighted by molar-refractivity contribution is -0.121. The molecular weight excluding hydrogens is 466 g/mol. The Morgan fingerprint density at radius 1 is 1.03 bits per heavy atom. The van der Waals surface area contributed by atoms with Gasteiger partial charge in [0.15, 0.2) is 11.5 Å². The van der Waals surface area contributed by atoms with Crippen LogP contribution in [0.25, 0.3) is 0 Å². The molecule has 0 fully saturated rings. The Kier molecular flexibility index (Phi) is 8.28. The number of hydrogen-bond acceptors (Lipinski definition) is 6. The number of halogens is 1. The van der Waals surface area contributed by atoms with Crippen molar-refractivity contribution in [3.05, 3.63) is 46.4 Å². The molecule has 0 atom stereocenters. The van der Waals surface area contributed by atoms with Crippen LogP contribution in [0, 0.1) is 0 Å². The second kappa shape index (κ2) is 11.4. The smallest absolute Gasteiger partial charge is 0.240 e. The number of ether oxygens (including phenoxy) is 2. The van der Waals surface area contributed by atoms with Crippen LogP contribution in [-0.4, -0.2) is 29.9 Å². The van der Waals surface area contributed by atoms with Gasteiger partial charge in [-0.1, -0.05) is 25.0 Å². The predicted octanol–water partition coefficient (Wildman–Crippen LogP) is 4.31. The number of hydrazone groups is 1. The third-order valence-corrected chi connectivity index (χ3v) is 5.31. The van der Waals surface area contributed by atoms with Gasteiger partial charge in [0.25, 0.3) is 0 Å². The first-order valence-electron chi connectivity index (χ1n) is 10.0. The van der Waals surface area contributed by atoms with E-state index in [0.29, 0.717) is 30.0 Å². The summed E-state index contributed by atoms with van der Waals surface area (Å²) in [6.45, 7) is 0.195. The van der Waals surface area contributed by atoms with Gasteiger partial charge in [-0.15, -0.1) is 0 Å². The highest BCUT2D eigenvalue weighted by atomic mass is 79.9. The largest absolute Gasteiger partial charge is 0.506 e. The number of para-hydroxylation sites is 2. The molecule has 0 saturated heterocycles. The minimum Gasteiger partial charge on any atom is -0.506 e. The van der Waals surface area contributed by atoms with Gasteiger partial charge in [-0.25, -0.2) is 5.43 Å². The maximum Gasteiger partial charge on any atom is 0.240 e. The van der Waals surface area contributed by atoms with Gasteiger partial charge < -0.3 is 19.9 Å². The van der Waals surface area contributed by atoms with E-state index in [9.17, 15) is 14.7 Å². The number of anilines is 1. The molecule has 1 aliphatic rings. The maximum absolute atomic E-state index is 11.9. The first-order chi connectivity index (χ1) is 15.0. The molecule has 2 amide bonds. The number of benzene rings is 2. The third-order valence-electron chi connectivity index (χ3n) is 4.62. The van der Waals surface area contributed by atoms with E-state index >= 15 is 0 Å². The van der Waals surface area contributed by atoms with Crippen molar-refractivity contribution in [3.63, 3.8) is 0 Å². The molecule has 1 heterocycles. The topological polar surface area (TPSA) is 109 Å². The summed E-state index contributed by atoms with van der Waals surface area (Å²) in [6, 6.07) is 10.2. The molecule has 0 radical (unpaired) electrons. The van der Waals surface area contributed by atoms with E-state index in [0.717, 1.165) is 35.7 Å². The van der Waals surface area contributed by atoms with E-state index in [-0.39, 0.29) is 24.4 Å². The maximum atomic E-state index is 11.9. The number of phenolic OH excluding ortho intramolecular Hbond substituents is 1. The summed E-state index contributed by atoms with van der Waals surface area (Å²) >= 11 is 3.43. The van der Waals surface area contributed by atoms with Gasteiger partial charge in [0.05, 0.1) is 11.9 Å². The number of nitrogens with one attached hydrogen (secondary N) is 2. The molecule has 9 heteroatoms. The van der Waals surface area contributed by atoms with Gasteiger partial charge >= 0.3 is 0 Å². The fourth-order valence-electron chi connectivity index (χ4n) is 2.98. The standard InChI is InChI=1S/C22H24BrN3O5/c23-16-12-20-19(30-14-31-20)11-15(16)13-24-26-22(29)10-4-2-1-3-9-21(28)25-17-7-5-6-8-18(17)27/h5-8,11-13,27H,1-4,9-10,14H2,(H,25,28)(H,26,29). The van der Waals surface area contributed by atoms with Crippen LogP contribution in [0.5, 0.6) is 17.2 Å². The number of aromatic hydroxyl groups is 1. The molecule has 2 aromatic carbocycles. The van der Waals surface area contributed by atoms with Gasteiger partial charge in [-0.2, -0.15) is 5.10 Å². The number of fused-ring (bicyclic) bond motifs is 1. The summed E-state index contributed by atoms with van der Waals surface area (Å²) in [5.41, 5.74) is 3.70. The van der Waals surface area contributed by atoms with Gasteiger partial charge in [-0.3, -0.25) is 9.59 Å². The summed E-state index contributed by atoms with van der Waals surface area (Å²) in [5, 5.41) is 16.3. The average molecular weight is 490 g/mol. The molecule has 0 unspecified atom stereocenters. The van der Waals surface area contributed by atoms with Crippen LogP contribution in [-0.2, 0) is 9.59 Å². The van der Waals surface area contributed by atoms with Crippen molar-refractivity contribution in [2.24, 2.45) is 5.10 Å². The molecule has 0 bridgehead atoms. The number of phenols is 1. The van der Waals surface area contributed by atoms with E-state index in [1.54, 1.807) is 36.5 Å². The Morgan fingerprint density at radius 2 is 1.71 bits per heavy atom. The van der Waals surface area contributed by atoms with Crippen molar-refractivity contribution in [2.45, 2.75) is 38.5 Å². The second-order valence-corrected chi connectivity index (χ2v) is 7.85. The van der Waals surface area contributed by atoms with Crippen LogP contribution in [0.4, 0.5) is 5.69 Å². The Balaban J connectivity index is 1.27. The lowest BCUT2D eigenvalue weighted by Crippen LogP contribution is -2.17. The summed E-state index contributed by atoms with van der Waals surface area (Å²) in [5.74, 6) is 1.07. The van der Waals surface area contributed by atoms with E-state index < -0.39 is 0 Å². The zero-order valence-electron chi connectivity index (χ0n) is 16.9. The second-order valence-electron chi connectivity index (χ2n) is 7.00. The Hall–Kier alpha value is -3.07. The summed E-state index contributed by atoms with van der Waals surface area (Å²) in [4.78, 5) is 23.8. The lowest BCUT2D eigenvalue weighted by Gasteiger charge is -2.06. The predicted molar refractivity (Wildman–Crippen MR) is 120 cm³/mol. The summed E-state index contributed by atoms with van der Waals surface area (Å²) < 4.78 is 11.4. The van der Waals surface area contributed by atoms with Gasteiger partial charge in [0, 0.05) is 22.9 Å². The number of carbonyl (C=O) groups excluding carboxylic acids is 2. The number of unbranched alkanes of at least 4 members (excludes halogenated alkanes) is 3. The van der Waals surface area contributed by atoms with Crippen molar-refractivity contribution in [2.75, 3.05) is 12.1 Å². The monoisotopic (exact) mass is 489 g/mol. The van der Waals surface area contributed by atoms with Gasteiger partial charge in [0.2, 0.25) is 18.6 Å². The summed E-state index contributed by atoms with van der Waals surface area (Å²) in [6.07, 6.45) is 5.41. The molecule has 0 aromatic heterocycles. The van der Waals surface area contributed by atoms with Crippen molar-refractivity contribution < 1.29 is 24.2 Å². The first-order valence-corrected chi connectivity index (χ1v) is 10.8. The zero-order chi connectivity index (χ0) is 22.1. The van der Waals surface area contributed by atoms with E-state index in [1.165, 1.54) is 6.07 Å². The fraction of sp³-hybridized carbons (Fsp3) is 0.318. The molecule has 164 valence electrons. The highest BCUT2D eigenvalue weighted by Gasteiger charge is 2.15. The van der Waals surface area contributed by atoms with Crippen LogP contribution >= 0.6 is 15.9 Å². The Labute approximate surface area is 188 Å². The van der Waals surface area contributed by atoms with Gasteiger partial charge in [-0.05, 0) is 53.0 Å². The third kappa shape index (κ3) is 6.99. The van der Waals surface area contributed by atoms with Gasteiger partial charge in [0.1, 0.15) is 5.75 Å². The first kappa shape index (κ1) is 22.6. The molecule has 3 N–H and O–H groups in total. The van der Waals surface area contributed by atoms with Crippen LogP contribution in [0.1, 0.15) is 44.1 Å². The normalized spacial score (nSPS) is 12.2. The molecule has 8 nitrogen and oxygen atoms in total. The highest BCUT2D eigenvalue weighted by Crippen LogP contribution is 2.36. The van der Waals surface area contributed by atoms with Crippen molar-refractivity contribution in [1.82, 2.24) is 5.43 Å². The number of hydrogen-bond donors (Lipinski definition) is 3. The molecule has 1 aliphatic heterocycles. The van der Waals surface area contributed by atoms with E-state index in [2.05, 4.69) is 31.8 Å². The minimum absolute atomic E-state index is 0.0513. The van der Waals surface area contributed by atoms with Crippen LogP contribution in [0.15, 0.2) is 46.0 Å². The van der Waals surface area contributed by atoms with Crippen molar-refractivity contribution in [3.8, 4) is 17.2 Å². The Bertz CT molecular complexity index is 964. The van der Waals surface area contributed by atoms with Crippen LogP contribution in [0.2, 0.25) is 0 Å². The molecule has 31 heavy (non-hydrogen) atoms. The van der Waals surface area contributed by atoms with E-state index in [1.807, 2.05) is 0 Å². The average Bonchev–Trinajstić information content (AvgIpc) is 3.19. The Morgan fingerprint density at radius 3 is 2.45 bits per heavy atom. The van der Waals surface area contributed by atoms with Crippen LogP contribution in [0.3, 0.4) is 0 Å².